The maximum Gasteiger partial charge on any atom is 0.516 e. The smallest absolute Gasteiger partial charge is 0.276 e. The van der Waals surface area contributed by atoms with Gasteiger partial charge in [-0.05, 0) is 31.0 Å². The number of anilines is 1. The predicted octanol–water partition coefficient (Wildman–Crippen LogP) is 5.80. The number of alkyl halides is 3. The van der Waals surface area contributed by atoms with Crippen molar-refractivity contribution in [1.82, 2.24) is 9.97 Å². The first-order valence-corrected chi connectivity index (χ1v) is 11.5. The first-order chi connectivity index (χ1) is 13.1. The van der Waals surface area contributed by atoms with Crippen LogP contribution in [0.5, 0.6) is 0 Å². The summed E-state index contributed by atoms with van der Waals surface area (Å²) in [5.41, 5.74) is -4.67. The monoisotopic (exact) mass is 467 g/mol. The summed E-state index contributed by atoms with van der Waals surface area (Å²) >= 11 is 9.10. The number of rotatable bonds is 6. The van der Waals surface area contributed by atoms with Crippen molar-refractivity contribution in [2.24, 2.45) is 0 Å². The van der Waals surface area contributed by atoms with Gasteiger partial charge in [0.2, 0.25) is 0 Å². The summed E-state index contributed by atoms with van der Waals surface area (Å²) < 4.78 is 61.3. The molecule has 150 valence electrons. The van der Waals surface area contributed by atoms with Gasteiger partial charge in [-0.2, -0.15) is 21.6 Å². The summed E-state index contributed by atoms with van der Waals surface area (Å²) in [4.78, 5) is 9.79. The highest BCUT2D eigenvalue weighted by atomic mass is 35.5. The molecule has 0 unspecified atom stereocenters. The molecule has 0 saturated heterocycles. The molecule has 1 N–H and O–H groups in total. The van der Waals surface area contributed by atoms with Crippen LogP contribution in [0.1, 0.15) is 18.4 Å². The maximum atomic E-state index is 12.5. The van der Waals surface area contributed by atoms with E-state index in [1.807, 2.05) is 0 Å². The highest BCUT2D eigenvalue weighted by Crippen LogP contribution is 2.36. The van der Waals surface area contributed by atoms with E-state index in [-0.39, 0.29) is 10.7 Å². The molecule has 0 amide bonds. The first-order valence-electron chi connectivity index (χ1n) is 7.90. The third kappa shape index (κ3) is 4.48. The Labute approximate surface area is 172 Å². The molecule has 0 aliphatic heterocycles. The summed E-state index contributed by atoms with van der Waals surface area (Å²) in [6.07, 6.45) is 3.65. The standard InChI is InChI=1S/C16H13ClF3N3O2S3/c1-2-3-14-21-7-13(27-14)15-22-12(8-26-15)10-5-4-9(6-11(10)17)23-28(24,25)16(18,19)20/h4-8,23H,2-3H2,1H3. The molecule has 12 heteroatoms. The fourth-order valence-electron chi connectivity index (χ4n) is 2.25. The van der Waals surface area contributed by atoms with E-state index in [4.69, 9.17) is 11.6 Å². The summed E-state index contributed by atoms with van der Waals surface area (Å²) in [5.74, 6) is 0. The molecule has 0 atom stereocenters. The number of sulfonamides is 1. The van der Waals surface area contributed by atoms with Gasteiger partial charge in [-0.25, -0.2) is 9.97 Å². The third-order valence-electron chi connectivity index (χ3n) is 3.53. The Morgan fingerprint density at radius 3 is 2.68 bits per heavy atom. The lowest BCUT2D eigenvalue weighted by Crippen LogP contribution is -2.29. The number of thiazole rings is 2. The Balaban J connectivity index is 1.84. The van der Waals surface area contributed by atoms with Gasteiger partial charge in [0.1, 0.15) is 5.01 Å². The molecule has 2 heterocycles. The molecule has 3 rings (SSSR count). The Kier molecular flexibility index (Phi) is 5.99. The number of hydrogen-bond donors (Lipinski definition) is 1. The van der Waals surface area contributed by atoms with Crippen LogP contribution in [0.4, 0.5) is 18.9 Å². The zero-order valence-corrected chi connectivity index (χ0v) is 17.5. The van der Waals surface area contributed by atoms with Crippen LogP contribution in [0.2, 0.25) is 5.02 Å². The number of benzene rings is 1. The van der Waals surface area contributed by atoms with E-state index >= 15 is 0 Å². The minimum Gasteiger partial charge on any atom is -0.276 e. The van der Waals surface area contributed by atoms with Gasteiger partial charge in [0.25, 0.3) is 0 Å². The SMILES string of the molecule is CCCc1ncc(-c2nc(-c3ccc(NS(=O)(=O)C(F)(F)F)cc3Cl)cs2)s1. The molecule has 0 saturated carbocycles. The molecular formula is C16H13ClF3N3O2S3. The van der Waals surface area contributed by atoms with E-state index in [1.54, 1.807) is 22.9 Å². The fraction of sp³-hybridized carbons (Fsp3) is 0.250. The van der Waals surface area contributed by atoms with Crippen LogP contribution < -0.4 is 4.72 Å². The highest BCUT2D eigenvalue weighted by molar-refractivity contribution is 7.93. The van der Waals surface area contributed by atoms with Gasteiger partial charge in [-0.1, -0.05) is 18.5 Å². The van der Waals surface area contributed by atoms with Crippen molar-refractivity contribution in [1.29, 1.82) is 0 Å². The van der Waals surface area contributed by atoms with Gasteiger partial charge >= 0.3 is 15.5 Å². The Bertz CT molecular complexity index is 1090. The lowest BCUT2D eigenvalue weighted by molar-refractivity contribution is -0.0429. The van der Waals surface area contributed by atoms with Crippen LogP contribution in [0.15, 0.2) is 29.8 Å². The zero-order chi connectivity index (χ0) is 20.5. The summed E-state index contributed by atoms with van der Waals surface area (Å²) in [7, 11) is -5.51. The van der Waals surface area contributed by atoms with E-state index in [2.05, 4.69) is 16.9 Å². The minimum atomic E-state index is -5.51. The van der Waals surface area contributed by atoms with E-state index in [9.17, 15) is 21.6 Å². The molecule has 0 aliphatic carbocycles. The Morgan fingerprint density at radius 2 is 2.04 bits per heavy atom. The van der Waals surface area contributed by atoms with E-state index in [0.29, 0.717) is 11.3 Å². The molecule has 1 aromatic carbocycles. The Hall–Kier alpha value is -1.69. The molecule has 5 nitrogen and oxygen atoms in total. The number of aryl methyl sites for hydroxylation is 1. The van der Waals surface area contributed by atoms with E-state index < -0.39 is 15.5 Å². The number of aromatic nitrogens is 2. The predicted molar refractivity (Wildman–Crippen MR) is 106 cm³/mol. The Morgan fingerprint density at radius 1 is 1.29 bits per heavy atom. The van der Waals surface area contributed by atoms with Crippen LogP contribution >= 0.6 is 34.3 Å². The summed E-state index contributed by atoms with van der Waals surface area (Å²) in [6, 6.07) is 3.74. The molecule has 0 bridgehead atoms. The fourth-order valence-corrected chi connectivity index (χ4v) is 4.97. The molecule has 28 heavy (non-hydrogen) atoms. The molecule has 0 fully saturated rings. The van der Waals surface area contributed by atoms with Gasteiger partial charge in [-0.15, -0.1) is 22.7 Å². The van der Waals surface area contributed by atoms with E-state index in [0.717, 1.165) is 33.8 Å². The highest BCUT2D eigenvalue weighted by Gasteiger charge is 2.46. The second-order valence-electron chi connectivity index (χ2n) is 5.65. The van der Waals surface area contributed by atoms with Crippen molar-refractivity contribution in [3.8, 4) is 21.1 Å². The third-order valence-corrected chi connectivity index (χ3v) is 7.03. The lowest BCUT2D eigenvalue weighted by atomic mass is 10.1. The van der Waals surface area contributed by atoms with E-state index in [1.165, 1.54) is 28.2 Å². The molecule has 3 aromatic rings. The van der Waals surface area contributed by atoms with Crippen LogP contribution in [-0.4, -0.2) is 23.9 Å². The van der Waals surface area contributed by atoms with Crippen LogP contribution in [0.25, 0.3) is 21.1 Å². The van der Waals surface area contributed by atoms with Crippen molar-refractivity contribution in [2.45, 2.75) is 25.3 Å². The van der Waals surface area contributed by atoms with Gasteiger partial charge < -0.3 is 0 Å². The van der Waals surface area contributed by atoms with Crippen molar-refractivity contribution < 1.29 is 21.6 Å². The molecule has 0 radical (unpaired) electrons. The van der Waals surface area contributed by atoms with Gasteiger partial charge in [0.15, 0.2) is 0 Å². The quantitative estimate of drug-likeness (QED) is 0.497. The van der Waals surface area contributed by atoms with Gasteiger partial charge in [0.05, 0.1) is 26.3 Å². The summed E-state index contributed by atoms with van der Waals surface area (Å²) in [5, 5.41) is 3.63. The molecular weight excluding hydrogens is 455 g/mol. The number of hydrogen-bond acceptors (Lipinski definition) is 6. The van der Waals surface area contributed by atoms with Gasteiger partial charge in [-0.3, -0.25) is 4.72 Å². The lowest BCUT2D eigenvalue weighted by Gasteiger charge is -2.11. The average molecular weight is 468 g/mol. The second kappa shape index (κ2) is 7.97. The van der Waals surface area contributed by atoms with Crippen molar-refractivity contribution in [3.05, 3.63) is 39.8 Å². The van der Waals surface area contributed by atoms with Gasteiger partial charge in [0, 0.05) is 17.1 Å². The molecule has 2 aromatic heterocycles. The maximum absolute atomic E-state index is 12.5. The van der Waals surface area contributed by atoms with Crippen LogP contribution in [0.3, 0.4) is 0 Å². The number of halogens is 4. The number of nitrogens with one attached hydrogen (secondary N) is 1. The van der Waals surface area contributed by atoms with Crippen molar-refractivity contribution in [3.63, 3.8) is 0 Å². The average Bonchev–Trinajstić information content (AvgIpc) is 3.23. The van der Waals surface area contributed by atoms with Crippen LogP contribution in [-0.2, 0) is 16.4 Å². The normalized spacial score (nSPS) is 12.3. The van der Waals surface area contributed by atoms with Crippen molar-refractivity contribution >= 4 is 50.0 Å². The molecule has 0 spiro atoms. The molecule has 0 aliphatic rings. The van der Waals surface area contributed by atoms with Crippen LogP contribution in [0, 0.1) is 0 Å². The first kappa shape index (κ1) is 21.0. The minimum absolute atomic E-state index is 0.0789. The topological polar surface area (TPSA) is 72.0 Å². The summed E-state index contributed by atoms with van der Waals surface area (Å²) in [6.45, 7) is 2.07. The second-order valence-corrected chi connectivity index (χ2v) is 9.71. The number of nitrogens with zero attached hydrogens (tertiary/aromatic N) is 2. The largest absolute Gasteiger partial charge is 0.516 e. The zero-order valence-electron chi connectivity index (χ0n) is 14.2. The van der Waals surface area contributed by atoms with Crippen molar-refractivity contribution in [2.75, 3.05) is 4.72 Å².